The van der Waals surface area contributed by atoms with E-state index in [1.807, 2.05) is 6.20 Å². The molecule has 1 unspecified atom stereocenters. The standard InChI is InChI=1S/C10H17N3/c11-9(6-8-2-1-3-8)7-10-12-4-5-13-10/h4-5,8-9H,1-3,6-7,11H2,(H,12,13). The molecule has 13 heavy (non-hydrogen) atoms. The molecule has 0 amide bonds. The Balaban J connectivity index is 1.74. The number of aromatic nitrogens is 2. The fraction of sp³-hybridized carbons (Fsp3) is 0.700. The van der Waals surface area contributed by atoms with Gasteiger partial charge in [0.2, 0.25) is 0 Å². The lowest BCUT2D eigenvalue weighted by atomic mass is 9.80. The molecule has 1 aromatic rings. The van der Waals surface area contributed by atoms with Crippen LogP contribution in [0, 0.1) is 5.92 Å². The van der Waals surface area contributed by atoms with Crippen LogP contribution in [0.3, 0.4) is 0 Å². The first-order chi connectivity index (χ1) is 6.34. The summed E-state index contributed by atoms with van der Waals surface area (Å²) in [4.78, 5) is 7.26. The molecule has 0 spiro atoms. The lowest BCUT2D eigenvalue weighted by Gasteiger charge is -2.27. The highest BCUT2D eigenvalue weighted by Crippen LogP contribution is 2.30. The van der Waals surface area contributed by atoms with E-state index in [2.05, 4.69) is 9.97 Å². The van der Waals surface area contributed by atoms with Gasteiger partial charge in [0.15, 0.2) is 0 Å². The van der Waals surface area contributed by atoms with Gasteiger partial charge in [-0.05, 0) is 12.3 Å². The summed E-state index contributed by atoms with van der Waals surface area (Å²) in [5, 5.41) is 0. The Bertz CT molecular complexity index is 239. The highest BCUT2D eigenvalue weighted by Gasteiger charge is 2.20. The van der Waals surface area contributed by atoms with Gasteiger partial charge in [-0.2, -0.15) is 0 Å². The Labute approximate surface area is 78.7 Å². The fourth-order valence-corrected chi connectivity index (χ4v) is 1.90. The first-order valence-electron chi connectivity index (χ1n) is 5.08. The third-order valence-corrected chi connectivity index (χ3v) is 2.87. The summed E-state index contributed by atoms with van der Waals surface area (Å²) in [6.07, 6.45) is 9.86. The minimum absolute atomic E-state index is 0.288. The molecule has 0 radical (unpaired) electrons. The van der Waals surface area contributed by atoms with Gasteiger partial charge in [0.05, 0.1) is 0 Å². The zero-order chi connectivity index (χ0) is 9.10. The molecule has 2 rings (SSSR count). The van der Waals surface area contributed by atoms with Crippen LogP contribution < -0.4 is 5.73 Å². The van der Waals surface area contributed by atoms with E-state index in [-0.39, 0.29) is 6.04 Å². The molecular formula is C10H17N3. The molecule has 0 bridgehead atoms. The number of nitrogens with two attached hydrogens (primary N) is 1. The molecule has 1 fully saturated rings. The van der Waals surface area contributed by atoms with Gasteiger partial charge in [-0.1, -0.05) is 19.3 Å². The number of aromatic amines is 1. The first kappa shape index (κ1) is 8.75. The van der Waals surface area contributed by atoms with Crippen LogP contribution in [-0.4, -0.2) is 16.0 Å². The molecule has 1 heterocycles. The number of hydrogen-bond acceptors (Lipinski definition) is 2. The van der Waals surface area contributed by atoms with Crippen molar-refractivity contribution in [1.29, 1.82) is 0 Å². The van der Waals surface area contributed by atoms with Crippen molar-refractivity contribution in [2.24, 2.45) is 11.7 Å². The van der Waals surface area contributed by atoms with Crippen molar-refractivity contribution in [2.75, 3.05) is 0 Å². The number of nitrogens with zero attached hydrogens (tertiary/aromatic N) is 1. The van der Waals surface area contributed by atoms with Crippen molar-refractivity contribution in [2.45, 2.75) is 38.1 Å². The molecule has 1 saturated carbocycles. The van der Waals surface area contributed by atoms with E-state index < -0.39 is 0 Å². The van der Waals surface area contributed by atoms with Crippen LogP contribution in [0.2, 0.25) is 0 Å². The van der Waals surface area contributed by atoms with Gasteiger partial charge in [0.1, 0.15) is 5.82 Å². The van der Waals surface area contributed by atoms with E-state index in [1.165, 1.54) is 25.7 Å². The number of rotatable bonds is 4. The van der Waals surface area contributed by atoms with Crippen LogP contribution in [0.4, 0.5) is 0 Å². The molecule has 0 saturated heterocycles. The Morgan fingerprint density at radius 2 is 2.46 bits per heavy atom. The zero-order valence-electron chi connectivity index (χ0n) is 7.87. The third kappa shape index (κ3) is 2.31. The van der Waals surface area contributed by atoms with Gasteiger partial charge in [0.25, 0.3) is 0 Å². The maximum Gasteiger partial charge on any atom is 0.107 e. The van der Waals surface area contributed by atoms with Crippen molar-refractivity contribution in [3.8, 4) is 0 Å². The molecular weight excluding hydrogens is 162 g/mol. The van der Waals surface area contributed by atoms with Crippen molar-refractivity contribution >= 4 is 0 Å². The van der Waals surface area contributed by atoms with E-state index in [4.69, 9.17) is 5.73 Å². The molecule has 1 aliphatic rings. The second kappa shape index (κ2) is 3.92. The molecule has 3 N–H and O–H groups in total. The monoisotopic (exact) mass is 179 g/mol. The van der Waals surface area contributed by atoms with Gasteiger partial charge >= 0.3 is 0 Å². The van der Waals surface area contributed by atoms with Crippen molar-refractivity contribution < 1.29 is 0 Å². The van der Waals surface area contributed by atoms with Gasteiger partial charge < -0.3 is 10.7 Å². The molecule has 72 valence electrons. The quantitative estimate of drug-likeness (QED) is 0.735. The summed E-state index contributed by atoms with van der Waals surface area (Å²) in [5.41, 5.74) is 6.02. The minimum Gasteiger partial charge on any atom is -0.349 e. The van der Waals surface area contributed by atoms with Crippen LogP contribution >= 0.6 is 0 Å². The van der Waals surface area contributed by atoms with Crippen LogP contribution in [0.5, 0.6) is 0 Å². The van der Waals surface area contributed by atoms with E-state index in [0.717, 1.165) is 18.2 Å². The molecule has 3 heteroatoms. The van der Waals surface area contributed by atoms with E-state index >= 15 is 0 Å². The molecule has 0 aromatic carbocycles. The van der Waals surface area contributed by atoms with Crippen LogP contribution in [-0.2, 0) is 6.42 Å². The maximum atomic E-state index is 6.02. The number of H-pyrrole nitrogens is 1. The average Bonchev–Trinajstić information content (AvgIpc) is 2.49. The highest BCUT2D eigenvalue weighted by atomic mass is 14.9. The van der Waals surface area contributed by atoms with Gasteiger partial charge in [-0.3, -0.25) is 0 Å². The van der Waals surface area contributed by atoms with Crippen LogP contribution in [0.25, 0.3) is 0 Å². The second-order valence-electron chi connectivity index (χ2n) is 4.03. The average molecular weight is 179 g/mol. The molecule has 0 aliphatic heterocycles. The lowest BCUT2D eigenvalue weighted by molar-refractivity contribution is 0.275. The topological polar surface area (TPSA) is 54.7 Å². The summed E-state index contributed by atoms with van der Waals surface area (Å²) in [6.45, 7) is 0. The summed E-state index contributed by atoms with van der Waals surface area (Å²) in [5.74, 6) is 1.91. The van der Waals surface area contributed by atoms with Crippen molar-refractivity contribution in [1.82, 2.24) is 9.97 Å². The number of imidazole rings is 1. The first-order valence-corrected chi connectivity index (χ1v) is 5.08. The second-order valence-corrected chi connectivity index (χ2v) is 4.03. The Kier molecular flexibility index (Phi) is 2.64. The fourth-order valence-electron chi connectivity index (χ4n) is 1.90. The van der Waals surface area contributed by atoms with Crippen LogP contribution in [0.15, 0.2) is 12.4 Å². The SMILES string of the molecule is NC(Cc1ncc[nH]1)CC1CCC1. The lowest BCUT2D eigenvalue weighted by Crippen LogP contribution is -2.28. The third-order valence-electron chi connectivity index (χ3n) is 2.87. The Morgan fingerprint density at radius 1 is 1.62 bits per heavy atom. The van der Waals surface area contributed by atoms with Crippen molar-refractivity contribution in [3.63, 3.8) is 0 Å². The summed E-state index contributed by atoms with van der Waals surface area (Å²) in [7, 11) is 0. The van der Waals surface area contributed by atoms with E-state index in [1.54, 1.807) is 6.20 Å². The molecule has 1 atom stereocenters. The number of nitrogens with one attached hydrogen (secondary N) is 1. The predicted octanol–water partition coefficient (Wildman–Crippen LogP) is 1.47. The van der Waals surface area contributed by atoms with Gasteiger partial charge in [-0.25, -0.2) is 4.98 Å². The smallest absolute Gasteiger partial charge is 0.107 e. The minimum atomic E-state index is 0.288. The summed E-state index contributed by atoms with van der Waals surface area (Å²) >= 11 is 0. The normalized spacial score (nSPS) is 19.8. The molecule has 3 nitrogen and oxygen atoms in total. The summed E-state index contributed by atoms with van der Waals surface area (Å²) < 4.78 is 0. The maximum absolute atomic E-state index is 6.02. The predicted molar refractivity (Wildman–Crippen MR) is 52.2 cm³/mol. The largest absolute Gasteiger partial charge is 0.349 e. The highest BCUT2D eigenvalue weighted by molar-refractivity contribution is 4.91. The van der Waals surface area contributed by atoms with Gasteiger partial charge in [-0.15, -0.1) is 0 Å². The van der Waals surface area contributed by atoms with E-state index in [0.29, 0.717) is 0 Å². The Morgan fingerprint density at radius 3 is 3.00 bits per heavy atom. The van der Waals surface area contributed by atoms with Crippen molar-refractivity contribution in [3.05, 3.63) is 18.2 Å². The number of hydrogen-bond donors (Lipinski definition) is 2. The van der Waals surface area contributed by atoms with Crippen LogP contribution in [0.1, 0.15) is 31.5 Å². The Hall–Kier alpha value is -0.830. The molecule has 1 aromatic heterocycles. The zero-order valence-corrected chi connectivity index (χ0v) is 7.87. The molecule has 1 aliphatic carbocycles. The summed E-state index contributed by atoms with van der Waals surface area (Å²) in [6, 6.07) is 0.288. The van der Waals surface area contributed by atoms with Gasteiger partial charge in [0, 0.05) is 24.9 Å². The van der Waals surface area contributed by atoms with E-state index in [9.17, 15) is 0 Å².